The van der Waals surface area contributed by atoms with Gasteiger partial charge in [0.1, 0.15) is 6.17 Å². The number of halogens is 1. The van der Waals surface area contributed by atoms with Crippen LogP contribution in [0.25, 0.3) is 22.2 Å². The molecule has 5 atom stereocenters. The predicted octanol–water partition coefficient (Wildman–Crippen LogP) is 1.21. The number of rotatable bonds is 6. The second-order valence-corrected chi connectivity index (χ2v) is 9.97. The lowest BCUT2D eigenvalue weighted by molar-refractivity contribution is 0.000507. The molecule has 1 aromatic carbocycles. The number of aliphatic imine (C=N–C) groups is 1. The Labute approximate surface area is 194 Å². The van der Waals surface area contributed by atoms with Gasteiger partial charge in [-0.1, -0.05) is 11.6 Å². The third-order valence-electron chi connectivity index (χ3n) is 6.14. The van der Waals surface area contributed by atoms with Crippen LogP contribution in [0.3, 0.4) is 0 Å². The molecule has 1 fully saturated rings. The molecule has 0 saturated heterocycles. The molecule has 2 aromatic heterocycles. The lowest BCUT2D eigenvalue weighted by atomic mass is 10.1. The molecule has 1 aliphatic carbocycles. The van der Waals surface area contributed by atoms with Crippen molar-refractivity contribution < 1.29 is 22.8 Å². The number of hydrogen-bond donors (Lipinski definition) is 5. The van der Waals surface area contributed by atoms with Crippen molar-refractivity contribution in [2.24, 2.45) is 16.0 Å². The van der Waals surface area contributed by atoms with E-state index in [-0.39, 0.29) is 12.8 Å². The van der Waals surface area contributed by atoms with E-state index in [0.29, 0.717) is 23.7 Å². The van der Waals surface area contributed by atoms with E-state index >= 15 is 0 Å². The molecule has 5 rings (SSSR count). The molecule has 0 amide bonds. The summed E-state index contributed by atoms with van der Waals surface area (Å²) in [6, 6.07) is 6.96. The van der Waals surface area contributed by atoms with Gasteiger partial charge in [-0.15, -0.1) is 0 Å². The molecule has 13 heteroatoms. The number of nitrogens with zero attached hydrogens (tertiary/aromatic N) is 3. The van der Waals surface area contributed by atoms with Crippen LogP contribution in [0, 0.1) is 5.92 Å². The SMILES string of the molecule is NS(=O)(=O)OCC1C[C@@H](NC2CC=Nc3cc(-c4c[nH]c5ccc(Cl)cc45)nn32)[C@H](O)[C@@H]1O. The quantitative estimate of drug-likeness (QED) is 0.343. The number of aromatic amines is 1. The number of nitrogens with one attached hydrogen (secondary N) is 2. The first-order valence-corrected chi connectivity index (χ1v) is 12.2. The first-order chi connectivity index (χ1) is 15.7. The second kappa shape index (κ2) is 8.47. The molecule has 1 aliphatic heterocycles. The summed E-state index contributed by atoms with van der Waals surface area (Å²) in [6.45, 7) is -0.304. The average Bonchev–Trinajstić information content (AvgIpc) is 3.44. The third kappa shape index (κ3) is 4.43. The Morgan fingerprint density at radius 2 is 2.12 bits per heavy atom. The molecule has 6 N–H and O–H groups in total. The van der Waals surface area contributed by atoms with Crippen molar-refractivity contribution in [3.63, 3.8) is 0 Å². The Kier molecular flexibility index (Phi) is 5.77. The smallest absolute Gasteiger partial charge is 0.333 e. The van der Waals surface area contributed by atoms with Crippen LogP contribution in [0.15, 0.2) is 35.5 Å². The molecule has 2 unspecified atom stereocenters. The predicted molar refractivity (Wildman–Crippen MR) is 122 cm³/mol. The highest BCUT2D eigenvalue weighted by atomic mass is 35.5. The zero-order valence-corrected chi connectivity index (χ0v) is 18.9. The van der Waals surface area contributed by atoms with Crippen molar-refractivity contribution >= 4 is 44.8 Å². The summed E-state index contributed by atoms with van der Waals surface area (Å²) in [5.41, 5.74) is 2.55. The van der Waals surface area contributed by atoms with Crippen molar-refractivity contribution in [3.8, 4) is 11.3 Å². The number of H-pyrrole nitrogens is 1. The maximum atomic E-state index is 11.1. The van der Waals surface area contributed by atoms with E-state index in [2.05, 4.69) is 19.5 Å². The van der Waals surface area contributed by atoms with Crippen LogP contribution in [0.1, 0.15) is 19.0 Å². The minimum atomic E-state index is -4.13. The zero-order chi connectivity index (χ0) is 23.3. The van der Waals surface area contributed by atoms with Crippen LogP contribution in [0.4, 0.5) is 5.82 Å². The van der Waals surface area contributed by atoms with Gasteiger partial charge in [0.25, 0.3) is 0 Å². The van der Waals surface area contributed by atoms with Gasteiger partial charge in [-0.05, 0) is 24.6 Å². The Morgan fingerprint density at radius 1 is 1.30 bits per heavy atom. The minimum absolute atomic E-state index is 0.301. The van der Waals surface area contributed by atoms with Crippen molar-refractivity contribution in [2.45, 2.75) is 37.3 Å². The molecule has 176 valence electrons. The number of fused-ring (bicyclic) bond motifs is 2. The van der Waals surface area contributed by atoms with Gasteiger partial charge in [0.05, 0.1) is 24.5 Å². The highest BCUT2D eigenvalue weighted by Crippen LogP contribution is 2.35. The molecule has 0 bridgehead atoms. The highest BCUT2D eigenvalue weighted by molar-refractivity contribution is 7.84. The van der Waals surface area contributed by atoms with Gasteiger partial charge >= 0.3 is 10.3 Å². The maximum Gasteiger partial charge on any atom is 0.333 e. The van der Waals surface area contributed by atoms with Gasteiger partial charge in [-0.2, -0.15) is 13.5 Å². The van der Waals surface area contributed by atoms with E-state index in [1.165, 1.54) is 0 Å². The van der Waals surface area contributed by atoms with Gasteiger partial charge in [0.15, 0.2) is 5.82 Å². The zero-order valence-electron chi connectivity index (χ0n) is 17.3. The Morgan fingerprint density at radius 3 is 2.91 bits per heavy atom. The van der Waals surface area contributed by atoms with Crippen LogP contribution in [-0.2, 0) is 14.5 Å². The summed E-state index contributed by atoms with van der Waals surface area (Å²) >= 11 is 6.17. The first kappa shape index (κ1) is 22.5. The second-order valence-electron chi connectivity index (χ2n) is 8.32. The van der Waals surface area contributed by atoms with Gasteiger partial charge < -0.3 is 15.2 Å². The summed E-state index contributed by atoms with van der Waals surface area (Å²) in [6.07, 6.45) is 1.89. The average molecular weight is 495 g/mol. The largest absolute Gasteiger partial charge is 0.390 e. The monoisotopic (exact) mass is 494 g/mol. The molecular formula is C20H23ClN6O5S. The number of nitrogens with two attached hydrogens (primary N) is 1. The fourth-order valence-corrected chi connectivity index (χ4v) is 5.05. The van der Waals surface area contributed by atoms with E-state index in [9.17, 15) is 18.6 Å². The molecular weight excluding hydrogens is 472 g/mol. The number of hydrogen-bond acceptors (Lipinski definition) is 8. The molecule has 11 nitrogen and oxygen atoms in total. The number of aliphatic hydroxyl groups excluding tert-OH is 2. The number of aromatic nitrogens is 3. The van der Waals surface area contributed by atoms with Gasteiger partial charge in [0, 0.05) is 58.3 Å². The van der Waals surface area contributed by atoms with E-state index in [1.807, 2.05) is 30.5 Å². The summed E-state index contributed by atoms with van der Waals surface area (Å²) in [5.74, 6) is 0.0592. The van der Waals surface area contributed by atoms with Crippen molar-refractivity contribution in [1.82, 2.24) is 20.1 Å². The first-order valence-electron chi connectivity index (χ1n) is 10.4. The normalized spacial score (nSPS) is 27.3. The van der Waals surface area contributed by atoms with Gasteiger partial charge in [0.2, 0.25) is 0 Å². The fraction of sp³-hybridized carbons (Fsp3) is 0.400. The summed E-state index contributed by atoms with van der Waals surface area (Å²) in [5, 5.41) is 35.3. The van der Waals surface area contributed by atoms with E-state index in [1.54, 1.807) is 10.9 Å². The van der Waals surface area contributed by atoms with E-state index in [0.717, 1.165) is 22.2 Å². The Hall–Kier alpha value is -2.32. The maximum absolute atomic E-state index is 11.1. The molecule has 0 radical (unpaired) electrons. The fourth-order valence-electron chi connectivity index (χ4n) is 4.52. The topological polar surface area (TPSA) is 168 Å². The Bertz CT molecular complexity index is 1320. The van der Waals surface area contributed by atoms with Crippen molar-refractivity contribution in [2.75, 3.05) is 6.61 Å². The standard InChI is InChI=1S/C20H23ClN6O5S/c21-11-1-2-14-12(6-11)13(8-24-14)15-7-18-23-4-3-17(27(18)26-15)25-16-5-10(19(28)20(16)29)9-32-33(22,30)31/h1-2,4,6-8,10,16-17,19-20,24-25,28-29H,3,5,9H2,(H2,22,30,31)/t10?,16-,17?,19-,20+/m1/s1. The van der Waals surface area contributed by atoms with E-state index < -0.39 is 34.5 Å². The van der Waals surface area contributed by atoms with Crippen LogP contribution in [-0.4, -0.2) is 64.5 Å². The van der Waals surface area contributed by atoms with Gasteiger partial charge in [-0.25, -0.2) is 14.8 Å². The third-order valence-corrected chi connectivity index (χ3v) is 6.84. The summed E-state index contributed by atoms with van der Waals surface area (Å²) in [7, 11) is -4.13. The number of aliphatic hydroxyl groups is 2. The van der Waals surface area contributed by atoms with Crippen LogP contribution in [0.5, 0.6) is 0 Å². The van der Waals surface area contributed by atoms with Crippen LogP contribution >= 0.6 is 11.6 Å². The molecule has 3 heterocycles. The Balaban J connectivity index is 1.36. The van der Waals surface area contributed by atoms with Crippen LogP contribution < -0.4 is 10.5 Å². The van der Waals surface area contributed by atoms with Gasteiger partial charge in [-0.3, -0.25) is 9.50 Å². The van der Waals surface area contributed by atoms with Crippen molar-refractivity contribution in [3.05, 3.63) is 35.5 Å². The molecule has 2 aliphatic rings. The highest BCUT2D eigenvalue weighted by Gasteiger charge is 2.43. The molecule has 1 saturated carbocycles. The lowest BCUT2D eigenvalue weighted by Crippen LogP contribution is -2.44. The minimum Gasteiger partial charge on any atom is -0.390 e. The summed E-state index contributed by atoms with van der Waals surface area (Å²) in [4.78, 5) is 7.65. The molecule has 0 spiro atoms. The van der Waals surface area contributed by atoms with Crippen molar-refractivity contribution in [1.29, 1.82) is 0 Å². The molecule has 3 aromatic rings. The van der Waals surface area contributed by atoms with Crippen LogP contribution in [0.2, 0.25) is 5.02 Å². The summed E-state index contributed by atoms with van der Waals surface area (Å²) < 4.78 is 28.5. The molecule has 33 heavy (non-hydrogen) atoms. The number of benzene rings is 1. The van der Waals surface area contributed by atoms with E-state index in [4.69, 9.17) is 21.8 Å². The lowest BCUT2D eigenvalue weighted by Gasteiger charge is -2.27.